The van der Waals surface area contributed by atoms with Crippen molar-refractivity contribution < 1.29 is 38.1 Å². The Kier molecular flexibility index (Phi) is 9.52. The van der Waals surface area contributed by atoms with E-state index in [-0.39, 0.29) is 61.4 Å². The zero-order valence-corrected chi connectivity index (χ0v) is 24.8. The van der Waals surface area contributed by atoms with Gasteiger partial charge in [-0.05, 0) is 43.2 Å². The molecule has 5 rings (SSSR count). The van der Waals surface area contributed by atoms with Crippen LogP contribution in [0.3, 0.4) is 0 Å². The number of hydrogen-bond donors (Lipinski definition) is 2. The van der Waals surface area contributed by atoms with Crippen LogP contribution >= 0.6 is 11.6 Å². The van der Waals surface area contributed by atoms with Crippen LogP contribution in [0.5, 0.6) is 0 Å². The molecule has 2 aromatic carbocycles. The fourth-order valence-corrected chi connectivity index (χ4v) is 6.00. The monoisotopic (exact) mass is 604 g/mol. The number of aliphatic hydroxyl groups is 1. The van der Waals surface area contributed by atoms with Crippen LogP contribution in [0.25, 0.3) is 0 Å². The number of fused-ring (bicyclic) bond motifs is 1. The van der Waals surface area contributed by atoms with Crippen LogP contribution in [0.15, 0.2) is 53.2 Å². The molecule has 226 valence electrons. The molecule has 11 heteroatoms. The number of aliphatic imine (C=N–C) groups is 1. The van der Waals surface area contributed by atoms with Gasteiger partial charge in [0.15, 0.2) is 5.72 Å². The molecule has 0 saturated carbocycles. The van der Waals surface area contributed by atoms with E-state index in [1.807, 2.05) is 13.8 Å². The Morgan fingerprint density at radius 2 is 1.88 bits per heavy atom. The van der Waals surface area contributed by atoms with Gasteiger partial charge in [0.1, 0.15) is 23.3 Å². The summed E-state index contributed by atoms with van der Waals surface area (Å²) in [5.74, 6) is -3.47. The molecule has 1 fully saturated rings. The molecule has 8 nitrogen and oxygen atoms in total. The largest absolute Gasteiger partial charge is 0.477 e. The van der Waals surface area contributed by atoms with Crippen molar-refractivity contribution in [3.8, 4) is 0 Å². The molecule has 1 saturated heterocycles. The van der Waals surface area contributed by atoms with Gasteiger partial charge in [-0.15, -0.1) is 0 Å². The van der Waals surface area contributed by atoms with Gasteiger partial charge in [0.05, 0.1) is 11.1 Å². The second-order valence-corrected chi connectivity index (χ2v) is 10.8. The van der Waals surface area contributed by atoms with Gasteiger partial charge in [-0.3, -0.25) is 9.79 Å². The maximum absolute atomic E-state index is 16.2. The number of carboxylic acid groups (broad SMARTS) is 1. The average molecular weight is 605 g/mol. The second kappa shape index (κ2) is 12.6. The first kappa shape index (κ1) is 31.7. The topological polar surface area (TPSA) is 109 Å². The quantitative estimate of drug-likeness (QED) is 0.413. The van der Waals surface area contributed by atoms with Crippen LogP contribution in [0.4, 0.5) is 8.78 Å². The molecule has 42 heavy (non-hydrogen) atoms. The lowest BCUT2D eigenvalue weighted by atomic mass is 9.84. The molecule has 2 N–H and O–H groups in total. The number of carbonyl (C=O) groups excluding carboxylic acids is 1. The molecule has 3 aliphatic rings. The SMILES string of the molecule is CC.CO[C@]1(c2ccc(Cl)cc2)c2c(F)cc(C(O)C3(F)CCOCC3)cc2C(=O)N1CC1CC=C(C)N=C1C(=O)O. The number of hydrogen-bond acceptors (Lipinski definition) is 6. The normalized spacial score (nSPS) is 23.8. The summed E-state index contributed by atoms with van der Waals surface area (Å²) < 4.78 is 43.0. The van der Waals surface area contributed by atoms with Crippen LogP contribution in [-0.4, -0.2) is 65.2 Å². The molecule has 0 aliphatic carbocycles. The van der Waals surface area contributed by atoms with Gasteiger partial charge >= 0.3 is 5.97 Å². The van der Waals surface area contributed by atoms with E-state index in [0.29, 0.717) is 16.3 Å². The molecular formula is C31H35ClF2N2O6. The van der Waals surface area contributed by atoms with Crippen LogP contribution in [0, 0.1) is 11.7 Å². The number of halogens is 3. The number of nitrogens with zero attached hydrogens (tertiary/aromatic N) is 2. The molecule has 3 aliphatic heterocycles. The zero-order chi connectivity index (χ0) is 30.8. The Bertz CT molecular complexity index is 1410. The van der Waals surface area contributed by atoms with Gasteiger partial charge < -0.3 is 24.6 Å². The Morgan fingerprint density at radius 3 is 2.48 bits per heavy atom. The van der Waals surface area contributed by atoms with Gasteiger partial charge in [0, 0.05) is 61.9 Å². The number of carbonyl (C=O) groups is 2. The number of rotatable bonds is 7. The van der Waals surface area contributed by atoms with E-state index in [0.717, 1.165) is 6.07 Å². The highest BCUT2D eigenvalue weighted by molar-refractivity contribution is 6.37. The van der Waals surface area contributed by atoms with E-state index in [1.165, 1.54) is 18.1 Å². The predicted molar refractivity (Wildman–Crippen MR) is 154 cm³/mol. The van der Waals surface area contributed by atoms with E-state index >= 15 is 8.78 Å². The first-order valence-corrected chi connectivity index (χ1v) is 14.3. The molecule has 3 heterocycles. The summed E-state index contributed by atoms with van der Waals surface area (Å²) in [6.07, 6.45) is 0.210. The van der Waals surface area contributed by atoms with Crippen molar-refractivity contribution in [2.24, 2.45) is 10.9 Å². The standard InChI is InChI=1S/C29H29ClF2N2O6.C2H6/c1-16-3-4-17(24(33-16)27(37)38)15-34-26(36)21-13-18(25(35)28(32)9-11-40-12-10-28)14-22(31)23(21)29(34,39-2)19-5-7-20(30)8-6-19;1-2/h3,5-8,13-14,17,25,35H,4,9-12,15H2,1-2H3,(H,37,38);1-2H3/t17?,25?,29-;/m1./s1. The van der Waals surface area contributed by atoms with E-state index in [1.54, 1.807) is 37.3 Å². The summed E-state index contributed by atoms with van der Waals surface area (Å²) in [6, 6.07) is 8.66. The minimum Gasteiger partial charge on any atom is -0.477 e. The van der Waals surface area contributed by atoms with Crippen LogP contribution in [-0.2, 0) is 20.0 Å². The third-order valence-electron chi connectivity index (χ3n) is 7.97. The molecule has 2 aromatic rings. The molecule has 0 bridgehead atoms. The van der Waals surface area contributed by atoms with Gasteiger partial charge in [-0.2, -0.15) is 0 Å². The van der Waals surface area contributed by atoms with Crippen molar-refractivity contribution in [1.82, 2.24) is 4.90 Å². The van der Waals surface area contributed by atoms with Crippen molar-refractivity contribution in [2.45, 2.75) is 57.5 Å². The summed E-state index contributed by atoms with van der Waals surface area (Å²) in [5.41, 5.74) is -3.36. The number of alkyl halides is 1. The third-order valence-corrected chi connectivity index (χ3v) is 8.22. The molecule has 0 radical (unpaired) electrons. The number of ether oxygens (including phenoxy) is 2. The maximum Gasteiger partial charge on any atom is 0.350 e. The first-order chi connectivity index (χ1) is 20.0. The summed E-state index contributed by atoms with van der Waals surface area (Å²) >= 11 is 6.11. The van der Waals surface area contributed by atoms with E-state index < -0.39 is 41.1 Å². The average Bonchev–Trinajstić information content (AvgIpc) is 3.23. The maximum atomic E-state index is 16.2. The predicted octanol–water partition coefficient (Wildman–Crippen LogP) is 5.81. The lowest BCUT2D eigenvalue weighted by molar-refractivity contribution is -0.130. The fourth-order valence-electron chi connectivity index (χ4n) is 5.88. The van der Waals surface area contributed by atoms with E-state index in [2.05, 4.69) is 4.99 Å². The highest BCUT2D eigenvalue weighted by atomic mass is 35.5. The van der Waals surface area contributed by atoms with Crippen LogP contribution in [0.2, 0.25) is 5.02 Å². The number of methoxy groups -OCH3 is 1. The molecule has 2 unspecified atom stereocenters. The Morgan fingerprint density at radius 1 is 1.24 bits per heavy atom. The number of benzene rings is 2. The van der Waals surface area contributed by atoms with Crippen molar-refractivity contribution in [2.75, 3.05) is 26.9 Å². The number of aliphatic hydroxyl groups excluding tert-OH is 1. The molecular weight excluding hydrogens is 570 g/mol. The van der Waals surface area contributed by atoms with Gasteiger partial charge in [-0.25, -0.2) is 13.6 Å². The number of aliphatic carboxylic acids is 1. The lowest BCUT2D eigenvalue weighted by Gasteiger charge is -2.40. The summed E-state index contributed by atoms with van der Waals surface area (Å²) in [4.78, 5) is 31.6. The summed E-state index contributed by atoms with van der Waals surface area (Å²) in [6.45, 7) is 5.74. The number of allylic oxidation sites excluding steroid dienone is 2. The van der Waals surface area contributed by atoms with Crippen molar-refractivity contribution in [3.63, 3.8) is 0 Å². The zero-order valence-electron chi connectivity index (χ0n) is 24.0. The van der Waals surface area contributed by atoms with Gasteiger partial charge in [0.2, 0.25) is 0 Å². The Labute approximate surface area is 248 Å². The lowest BCUT2D eigenvalue weighted by Crippen LogP contribution is -2.50. The van der Waals surface area contributed by atoms with Crippen LogP contribution < -0.4 is 0 Å². The summed E-state index contributed by atoms with van der Waals surface area (Å²) in [5, 5.41) is 21.2. The molecule has 3 atom stereocenters. The summed E-state index contributed by atoms with van der Waals surface area (Å²) in [7, 11) is 1.32. The van der Waals surface area contributed by atoms with Crippen molar-refractivity contribution in [3.05, 3.63) is 81.3 Å². The Balaban J connectivity index is 0.00000198. The second-order valence-electron chi connectivity index (χ2n) is 10.3. The smallest absolute Gasteiger partial charge is 0.350 e. The number of carboxylic acids is 1. The fraction of sp³-hybridized carbons (Fsp3) is 0.452. The van der Waals surface area contributed by atoms with Crippen LogP contribution in [0.1, 0.15) is 73.2 Å². The Hall–Kier alpha value is -3.18. The minimum atomic E-state index is -2.05. The van der Waals surface area contributed by atoms with Gasteiger partial charge in [0.25, 0.3) is 5.91 Å². The van der Waals surface area contributed by atoms with Crippen molar-refractivity contribution in [1.29, 1.82) is 0 Å². The molecule has 0 spiro atoms. The first-order valence-electron chi connectivity index (χ1n) is 13.9. The highest BCUT2D eigenvalue weighted by Crippen LogP contribution is 2.49. The molecule has 0 aromatic heterocycles. The molecule has 1 amide bonds. The minimum absolute atomic E-state index is 0.0777. The van der Waals surface area contributed by atoms with Gasteiger partial charge in [-0.1, -0.05) is 43.7 Å². The number of amides is 1. The van der Waals surface area contributed by atoms with E-state index in [4.69, 9.17) is 21.1 Å². The highest BCUT2D eigenvalue weighted by Gasteiger charge is 2.55. The third kappa shape index (κ3) is 5.48. The van der Waals surface area contributed by atoms with Crippen molar-refractivity contribution >= 4 is 29.2 Å². The van der Waals surface area contributed by atoms with E-state index in [9.17, 15) is 19.8 Å².